The molecule has 1 unspecified atom stereocenters. The van der Waals surface area contributed by atoms with Crippen LogP contribution in [0.1, 0.15) is 25.7 Å². The molecular weight excluding hydrogens is 308 g/mol. The van der Waals surface area contributed by atoms with Crippen molar-refractivity contribution in [2.45, 2.75) is 31.7 Å². The van der Waals surface area contributed by atoms with E-state index in [9.17, 15) is 18.0 Å². The minimum atomic E-state index is -3.55. The van der Waals surface area contributed by atoms with Crippen molar-refractivity contribution >= 4 is 22.0 Å². The van der Waals surface area contributed by atoms with Gasteiger partial charge in [0, 0.05) is 32.7 Å². The number of rotatable bonds is 2. The van der Waals surface area contributed by atoms with E-state index in [2.05, 4.69) is 5.32 Å². The lowest BCUT2D eigenvalue weighted by Crippen LogP contribution is -2.67. The van der Waals surface area contributed by atoms with Crippen LogP contribution in [-0.2, 0) is 19.8 Å². The van der Waals surface area contributed by atoms with Gasteiger partial charge in [-0.15, -0.1) is 0 Å². The predicted molar refractivity (Wildman–Crippen MR) is 79.0 cm³/mol. The van der Waals surface area contributed by atoms with Gasteiger partial charge >= 0.3 is 0 Å². The first kappa shape index (κ1) is 15.7. The minimum Gasteiger partial charge on any atom is -0.345 e. The molecule has 0 saturated carbocycles. The summed E-state index contributed by atoms with van der Waals surface area (Å²) in [5.41, 5.74) is 0. The van der Waals surface area contributed by atoms with Crippen LogP contribution in [0.25, 0.3) is 0 Å². The van der Waals surface area contributed by atoms with Gasteiger partial charge in [-0.3, -0.25) is 9.59 Å². The van der Waals surface area contributed by atoms with E-state index < -0.39 is 16.3 Å². The Bertz CT molecular complexity index is 556. The Morgan fingerprint density at radius 2 is 1.59 bits per heavy atom. The van der Waals surface area contributed by atoms with Crippen molar-refractivity contribution in [3.8, 4) is 0 Å². The van der Waals surface area contributed by atoms with Gasteiger partial charge in [0.1, 0.15) is 6.04 Å². The summed E-state index contributed by atoms with van der Waals surface area (Å²) in [6.45, 7) is 1.68. The number of nitrogens with one attached hydrogen (secondary N) is 1. The summed E-state index contributed by atoms with van der Waals surface area (Å²) in [7, 11) is -3.55. The lowest BCUT2D eigenvalue weighted by Gasteiger charge is -2.43. The molecule has 0 aromatic rings. The topological polar surface area (TPSA) is 90.0 Å². The second kappa shape index (κ2) is 6.13. The first-order chi connectivity index (χ1) is 10.5. The smallest absolute Gasteiger partial charge is 0.282 e. The SMILES string of the molecule is O=C1NCC(=O)N2CCN(S(=O)(=O)N3CCCCCC3)CC12. The number of carbonyl (C=O) groups is 2. The van der Waals surface area contributed by atoms with E-state index >= 15 is 0 Å². The molecule has 3 fully saturated rings. The maximum atomic E-state index is 12.8. The third-order valence-electron chi connectivity index (χ3n) is 4.60. The molecule has 1 N–H and O–H groups in total. The Balaban J connectivity index is 1.75. The van der Waals surface area contributed by atoms with Gasteiger partial charge in [0.25, 0.3) is 10.2 Å². The number of piperazine rings is 2. The first-order valence-corrected chi connectivity index (χ1v) is 9.22. The van der Waals surface area contributed by atoms with E-state index in [0.29, 0.717) is 13.1 Å². The number of amides is 2. The minimum absolute atomic E-state index is 0.00814. The van der Waals surface area contributed by atoms with Crippen molar-refractivity contribution in [3.05, 3.63) is 0 Å². The molecule has 8 nitrogen and oxygen atoms in total. The van der Waals surface area contributed by atoms with Crippen molar-refractivity contribution in [1.82, 2.24) is 18.8 Å². The van der Waals surface area contributed by atoms with Crippen LogP contribution in [0.15, 0.2) is 0 Å². The maximum absolute atomic E-state index is 12.8. The Labute approximate surface area is 130 Å². The molecule has 0 aliphatic carbocycles. The summed E-state index contributed by atoms with van der Waals surface area (Å²) < 4.78 is 28.4. The van der Waals surface area contributed by atoms with E-state index in [4.69, 9.17) is 0 Å². The standard InChI is InChI=1S/C13H22N4O4S/c18-12-9-14-13(19)11-10-16(7-8-17(11)12)22(20,21)15-5-3-1-2-4-6-15/h11H,1-10H2,(H,14,19). The Morgan fingerprint density at radius 3 is 2.27 bits per heavy atom. The van der Waals surface area contributed by atoms with Gasteiger partial charge < -0.3 is 10.2 Å². The number of hydrogen-bond donors (Lipinski definition) is 1. The molecule has 9 heteroatoms. The number of fused-ring (bicyclic) bond motifs is 1. The molecule has 0 radical (unpaired) electrons. The summed E-state index contributed by atoms with van der Waals surface area (Å²) in [6.07, 6.45) is 3.86. The molecule has 0 aromatic carbocycles. The zero-order chi connectivity index (χ0) is 15.7. The van der Waals surface area contributed by atoms with Gasteiger partial charge in [0.2, 0.25) is 11.8 Å². The van der Waals surface area contributed by atoms with E-state index in [1.807, 2.05) is 0 Å². The quantitative estimate of drug-likeness (QED) is 0.685. The zero-order valence-electron chi connectivity index (χ0n) is 12.5. The van der Waals surface area contributed by atoms with E-state index in [1.165, 1.54) is 13.5 Å². The molecule has 3 rings (SSSR count). The van der Waals surface area contributed by atoms with Crippen LogP contribution in [0, 0.1) is 0 Å². The van der Waals surface area contributed by atoms with E-state index in [0.717, 1.165) is 25.7 Å². The molecule has 124 valence electrons. The fourth-order valence-electron chi connectivity index (χ4n) is 3.31. The van der Waals surface area contributed by atoms with Gasteiger partial charge in [-0.1, -0.05) is 12.8 Å². The molecule has 0 spiro atoms. The van der Waals surface area contributed by atoms with Crippen molar-refractivity contribution in [2.24, 2.45) is 0 Å². The Kier molecular flexibility index (Phi) is 4.37. The molecule has 3 aliphatic rings. The highest BCUT2D eigenvalue weighted by molar-refractivity contribution is 7.86. The summed E-state index contributed by atoms with van der Waals surface area (Å²) >= 11 is 0. The fraction of sp³-hybridized carbons (Fsp3) is 0.846. The van der Waals surface area contributed by atoms with Gasteiger partial charge in [0.15, 0.2) is 0 Å². The van der Waals surface area contributed by atoms with Gasteiger partial charge in [0.05, 0.1) is 6.54 Å². The van der Waals surface area contributed by atoms with Crippen LogP contribution < -0.4 is 5.32 Å². The molecule has 3 saturated heterocycles. The average Bonchev–Trinajstić information content (AvgIpc) is 2.80. The van der Waals surface area contributed by atoms with E-state index in [-0.39, 0.29) is 38.0 Å². The molecule has 22 heavy (non-hydrogen) atoms. The van der Waals surface area contributed by atoms with Crippen LogP contribution in [-0.4, -0.2) is 79.1 Å². The summed E-state index contributed by atoms with van der Waals surface area (Å²) in [6, 6.07) is -0.697. The monoisotopic (exact) mass is 330 g/mol. The van der Waals surface area contributed by atoms with Crippen LogP contribution in [0.4, 0.5) is 0 Å². The normalized spacial score (nSPS) is 28.9. The molecule has 2 amide bonds. The highest BCUT2D eigenvalue weighted by Crippen LogP contribution is 2.21. The maximum Gasteiger partial charge on any atom is 0.282 e. The van der Waals surface area contributed by atoms with Crippen molar-refractivity contribution in [3.63, 3.8) is 0 Å². The molecular formula is C13H22N4O4S. The van der Waals surface area contributed by atoms with Crippen molar-refractivity contribution < 1.29 is 18.0 Å². The number of hydrogen-bond acceptors (Lipinski definition) is 4. The zero-order valence-corrected chi connectivity index (χ0v) is 13.3. The van der Waals surface area contributed by atoms with Crippen molar-refractivity contribution in [2.75, 3.05) is 39.3 Å². The fourth-order valence-corrected chi connectivity index (χ4v) is 5.00. The van der Waals surface area contributed by atoms with Crippen LogP contribution >= 0.6 is 0 Å². The van der Waals surface area contributed by atoms with Gasteiger partial charge in [-0.2, -0.15) is 17.0 Å². The summed E-state index contributed by atoms with van der Waals surface area (Å²) in [5.74, 6) is -0.410. The van der Waals surface area contributed by atoms with Crippen molar-refractivity contribution in [1.29, 1.82) is 0 Å². The summed E-state index contributed by atoms with van der Waals surface area (Å²) in [5, 5.41) is 2.53. The highest BCUT2D eigenvalue weighted by atomic mass is 32.2. The molecule has 3 aliphatic heterocycles. The second-order valence-corrected chi connectivity index (χ2v) is 7.93. The Morgan fingerprint density at radius 1 is 0.909 bits per heavy atom. The lowest BCUT2D eigenvalue weighted by molar-refractivity contribution is -0.147. The lowest BCUT2D eigenvalue weighted by atomic mass is 10.1. The predicted octanol–water partition coefficient (Wildman–Crippen LogP) is -1.25. The van der Waals surface area contributed by atoms with Gasteiger partial charge in [-0.25, -0.2) is 0 Å². The number of carbonyl (C=O) groups excluding carboxylic acids is 2. The second-order valence-electron chi connectivity index (χ2n) is 6.00. The molecule has 0 bridgehead atoms. The Hall–Kier alpha value is -1.19. The third kappa shape index (κ3) is 2.84. The van der Waals surface area contributed by atoms with Crippen LogP contribution in [0.5, 0.6) is 0 Å². The average molecular weight is 330 g/mol. The van der Waals surface area contributed by atoms with E-state index in [1.54, 1.807) is 0 Å². The third-order valence-corrected chi connectivity index (χ3v) is 6.60. The van der Waals surface area contributed by atoms with Crippen LogP contribution in [0.3, 0.4) is 0 Å². The molecule has 3 heterocycles. The number of nitrogens with zero attached hydrogens (tertiary/aromatic N) is 3. The van der Waals surface area contributed by atoms with Crippen LogP contribution in [0.2, 0.25) is 0 Å². The van der Waals surface area contributed by atoms with Gasteiger partial charge in [-0.05, 0) is 12.8 Å². The molecule has 0 aromatic heterocycles. The largest absolute Gasteiger partial charge is 0.345 e. The first-order valence-electron chi connectivity index (χ1n) is 7.82. The summed E-state index contributed by atoms with van der Waals surface area (Å²) in [4.78, 5) is 25.2. The molecule has 1 atom stereocenters. The highest BCUT2D eigenvalue weighted by Gasteiger charge is 2.43.